The molecule has 0 amide bonds. The Balaban J connectivity index is 2.18. The molecule has 0 fully saturated rings. The Kier molecular flexibility index (Phi) is 4.21. The van der Waals surface area contributed by atoms with E-state index in [2.05, 4.69) is 39.2 Å². The maximum Gasteiger partial charge on any atom is 0.252 e. The first-order valence-electron chi connectivity index (χ1n) is 6.48. The van der Waals surface area contributed by atoms with Crippen LogP contribution in [0, 0.1) is 19.8 Å². The molecule has 0 saturated carbocycles. The zero-order chi connectivity index (χ0) is 13.8. The zero-order valence-electron chi connectivity index (χ0n) is 11.9. The van der Waals surface area contributed by atoms with E-state index in [0.717, 1.165) is 23.8 Å². The minimum Gasteiger partial charge on any atom is -0.310 e. The number of hydrogen-bond donors (Lipinski definition) is 1. The highest BCUT2D eigenvalue weighted by Gasteiger charge is 2.10. The Morgan fingerprint density at radius 2 is 1.89 bits per heavy atom. The molecule has 0 aliphatic heterocycles. The van der Waals surface area contributed by atoms with Crippen LogP contribution in [0.5, 0.6) is 0 Å². The third-order valence-electron chi connectivity index (χ3n) is 2.61. The van der Waals surface area contributed by atoms with Gasteiger partial charge in [0.05, 0.1) is 6.54 Å². The molecule has 0 radical (unpaired) electrons. The number of nitrogens with zero attached hydrogens (tertiary/aromatic N) is 5. The summed E-state index contributed by atoms with van der Waals surface area (Å²) < 4.78 is 1.69. The van der Waals surface area contributed by atoms with Gasteiger partial charge in [0.1, 0.15) is 12.2 Å². The van der Waals surface area contributed by atoms with Crippen LogP contribution in [0.2, 0.25) is 0 Å². The van der Waals surface area contributed by atoms with Gasteiger partial charge in [-0.15, -0.1) is 0 Å². The second-order valence-electron chi connectivity index (χ2n) is 5.06. The summed E-state index contributed by atoms with van der Waals surface area (Å²) >= 11 is 0. The average molecular weight is 260 g/mol. The van der Waals surface area contributed by atoms with Crippen molar-refractivity contribution < 1.29 is 0 Å². The second kappa shape index (κ2) is 5.88. The van der Waals surface area contributed by atoms with E-state index in [9.17, 15) is 0 Å². The van der Waals surface area contributed by atoms with Crippen LogP contribution in [0.4, 0.5) is 0 Å². The molecule has 2 rings (SSSR count). The first kappa shape index (κ1) is 13.6. The van der Waals surface area contributed by atoms with Gasteiger partial charge in [-0.05, 0) is 32.4 Å². The van der Waals surface area contributed by atoms with Crippen LogP contribution in [0.3, 0.4) is 0 Å². The Hall–Kier alpha value is -1.82. The third kappa shape index (κ3) is 3.57. The van der Waals surface area contributed by atoms with E-state index in [0.29, 0.717) is 18.4 Å². The predicted molar refractivity (Wildman–Crippen MR) is 73.0 cm³/mol. The standard InChI is InChI=1S/C13H20N6/c1-9(2)6-14-7-12-15-8-16-19(12)13-17-10(3)5-11(4)18-13/h5,8-9,14H,6-7H2,1-4H3. The summed E-state index contributed by atoms with van der Waals surface area (Å²) in [6, 6.07) is 1.94. The molecule has 2 aromatic rings. The number of aryl methyl sites for hydroxylation is 2. The van der Waals surface area contributed by atoms with Crippen LogP contribution in [-0.4, -0.2) is 31.3 Å². The molecule has 0 unspecified atom stereocenters. The topological polar surface area (TPSA) is 68.5 Å². The monoisotopic (exact) mass is 260 g/mol. The van der Waals surface area contributed by atoms with Crippen molar-refractivity contribution in [3.8, 4) is 5.95 Å². The lowest BCUT2D eigenvalue weighted by molar-refractivity contribution is 0.535. The van der Waals surface area contributed by atoms with Gasteiger partial charge in [-0.1, -0.05) is 13.8 Å². The van der Waals surface area contributed by atoms with Gasteiger partial charge in [-0.3, -0.25) is 0 Å². The lowest BCUT2D eigenvalue weighted by Gasteiger charge is -2.08. The van der Waals surface area contributed by atoms with Crippen molar-refractivity contribution in [2.24, 2.45) is 5.92 Å². The molecule has 0 aromatic carbocycles. The van der Waals surface area contributed by atoms with Crippen molar-refractivity contribution in [3.63, 3.8) is 0 Å². The van der Waals surface area contributed by atoms with E-state index in [1.54, 1.807) is 4.68 Å². The van der Waals surface area contributed by atoms with Crippen LogP contribution >= 0.6 is 0 Å². The summed E-state index contributed by atoms with van der Waals surface area (Å²) in [6.07, 6.45) is 1.54. The van der Waals surface area contributed by atoms with Crippen LogP contribution in [-0.2, 0) is 6.54 Å². The SMILES string of the molecule is Cc1cc(C)nc(-n2ncnc2CNCC(C)C)n1. The highest BCUT2D eigenvalue weighted by atomic mass is 15.4. The molecule has 0 aliphatic rings. The number of nitrogens with one attached hydrogen (secondary N) is 1. The first-order chi connectivity index (χ1) is 9.06. The molecule has 1 N–H and O–H groups in total. The summed E-state index contributed by atoms with van der Waals surface area (Å²) in [5.41, 5.74) is 1.86. The average Bonchev–Trinajstić information content (AvgIpc) is 2.75. The lowest BCUT2D eigenvalue weighted by Crippen LogP contribution is -2.22. The van der Waals surface area contributed by atoms with Crippen molar-refractivity contribution in [1.82, 2.24) is 30.0 Å². The second-order valence-corrected chi connectivity index (χ2v) is 5.06. The summed E-state index contributed by atoms with van der Waals surface area (Å²) in [5.74, 6) is 2.01. The van der Waals surface area contributed by atoms with E-state index in [4.69, 9.17) is 0 Å². The molecule has 6 heteroatoms. The largest absolute Gasteiger partial charge is 0.310 e. The van der Waals surface area contributed by atoms with Crippen LogP contribution in [0.25, 0.3) is 5.95 Å². The molecule has 2 aromatic heterocycles. The van der Waals surface area contributed by atoms with Gasteiger partial charge in [-0.2, -0.15) is 9.78 Å². The Labute approximate surface area is 113 Å². The van der Waals surface area contributed by atoms with Gasteiger partial charge in [0.2, 0.25) is 0 Å². The maximum absolute atomic E-state index is 4.40. The van der Waals surface area contributed by atoms with E-state index >= 15 is 0 Å². The number of aromatic nitrogens is 5. The Morgan fingerprint density at radius 1 is 1.21 bits per heavy atom. The van der Waals surface area contributed by atoms with E-state index in [1.165, 1.54) is 6.33 Å². The van der Waals surface area contributed by atoms with Crippen molar-refractivity contribution in [1.29, 1.82) is 0 Å². The van der Waals surface area contributed by atoms with Crippen LogP contribution < -0.4 is 5.32 Å². The quantitative estimate of drug-likeness (QED) is 0.880. The maximum atomic E-state index is 4.40. The molecule has 2 heterocycles. The van der Waals surface area contributed by atoms with Gasteiger partial charge < -0.3 is 5.32 Å². The highest BCUT2D eigenvalue weighted by molar-refractivity contribution is 5.18. The fourth-order valence-corrected chi connectivity index (χ4v) is 1.83. The molecule has 0 saturated heterocycles. The van der Waals surface area contributed by atoms with Gasteiger partial charge in [0.25, 0.3) is 5.95 Å². The molecule has 0 aliphatic carbocycles. The number of rotatable bonds is 5. The Bertz CT molecular complexity index is 526. The predicted octanol–water partition coefficient (Wildman–Crippen LogP) is 1.42. The molecule has 0 bridgehead atoms. The first-order valence-corrected chi connectivity index (χ1v) is 6.48. The van der Waals surface area contributed by atoms with Crippen molar-refractivity contribution in [2.45, 2.75) is 34.2 Å². The highest BCUT2D eigenvalue weighted by Crippen LogP contribution is 2.06. The van der Waals surface area contributed by atoms with E-state index < -0.39 is 0 Å². The molecular weight excluding hydrogens is 240 g/mol. The summed E-state index contributed by atoms with van der Waals surface area (Å²) in [7, 11) is 0. The van der Waals surface area contributed by atoms with Crippen LogP contribution in [0.1, 0.15) is 31.1 Å². The van der Waals surface area contributed by atoms with Gasteiger partial charge in [0.15, 0.2) is 0 Å². The lowest BCUT2D eigenvalue weighted by atomic mass is 10.2. The van der Waals surface area contributed by atoms with Crippen molar-refractivity contribution >= 4 is 0 Å². The molecule has 19 heavy (non-hydrogen) atoms. The van der Waals surface area contributed by atoms with Gasteiger partial charge in [0, 0.05) is 11.4 Å². The summed E-state index contributed by atoms with van der Waals surface area (Å²) in [6.45, 7) is 9.85. The summed E-state index contributed by atoms with van der Waals surface area (Å²) in [5, 5.41) is 7.55. The van der Waals surface area contributed by atoms with Crippen molar-refractivity contribution in [3.05, 3.63) is 29.6 Å². The zero-order valence-corrected chi connectivity index (χ0v) is 11.9. The van der Waals surface area contributed by atoms with Crippen molar-refractivity contribution in [2.75, 3.05) is 6.54 Å². The van der Waals surface area contributed by atoms with Gasteiger partial charge in [-0.25, -0.2) is 15.0 Å². The summed E-state index contributed by atoms with van der Waals surface area (Å²) in [4.78, 5) is 13.1. The minimum atomic E-state index is 0.580. The normalized spacial score (nSPS) is 11.2. The fraction of sp³-hybridized carbons (Fsp3) is 0.538. The smallest absolute Gasteiger partial charge is 0.252 e. The van der Waals surface area contributed by atoms with E-state index in [1.807, 2.05) is 19.9 Å². The molecule has 6 nitrogen and oxygen atoms in total. The van der Waals surface area contributed by atoms with E-state index in [-0.39, 0.29) is 0 Å². The molecule has 0 atom stereocenters. The molecule has 102 valence electrons. The Morgan fingerprint density at radius 3 is 2.53 bits per heavy atom. The van der Waals surface area contributed by atoms with Crippen LogP contribution in [0.15, 0.2) is 12.4 Å². The fourth-order valence-electron chi connectivity index (χ4n) is 1.83. The molecule has 0 spiro atoms. The van der Waals surface area contributed by atoms with Gasteiger partial charge >= 0.3 is 0 Å². The molecular formula is C13H20N6. The number of hydrogen-bond acceptors (Lipinski definition) is 5. The third-order valence-corrected chi connectivity index (χ3v) is 2.61. The minimum absolute atomic E-state index is 0.580.